The van der Waals surface area contributed by atoms with Crippen LogP contribution in [0.5, 0.6) is 0 Å². The van der Waals surface area contributed by atoms with Crippen molar-refractivity contribution in [2.45, 2.75) is 32.6 Å². The molecule has 1 rings (SSSR count). The summed E-state index contributed by atoms with van der Waals surface area (Å²) in [5.74, 6) is 0.681. The van der Waals surface area contributed by atoms with E-state index in [2.05, 4.69) is 5.16 Å². The first-order valence-electron chi connectivity index (χ1n) is 4.71. The van der Waals surface area contributed by atoms with Crippen molar-refractivity contribution >= 4 is 10.0 Å². The largest absolute Gasteiger partial charge is 0.361 e. The van der Waals surface area contributed by atoms with E-state index in [0.29, 0.717) is 11.5 Å². The molecule has 0 aliphatic heterocycles. The van der Waals surface area contributed by atoms with Crippen LogP contribution < -0.4 is 0 Å². The van der Waals surface area contributed by atoms with Gasteiger partial charge in [-0.1, -0.05) is 5.16 Å². The van der Waals surface area contributed by atoms with Crippen LogP contribution in [0, 0.1) is 6.92 Å². The average Bonchev–Trinajstić information content (AvgIpc) is 2.50. The second kappa shape index (κ2) is 4.32. The molecule has 0 aliphatic rings. The van der Waals surface area contributed by atoms with Gasteiger partial charge in [0.1, 0.15) is 5.76 Å². The molecule has 0 aromatic carbocycles. The van der Waals surface area contributed by atoms with E-state index in [1.165, 1.54) is 4.31 Å². The van der Waals surface area contributed by atoms with Crippen LogP contribution in [-0.2, 0) is 16.6 Å². The Morgan fingerprint density at radius 2 is 2.13 bits per heavy atom. The van der Waals surface area contributed by atoms with E-state index < -0.39 is 15.3 Å². The maximum Gasteiger partial charge on any atom is 0.216 e. The van der Waals surface area contributed by atoms with Gasteiger partial charge in [-0.2, -0.15) is 4.31 Å². The zero-order valence-corrected chi connectivity index (χ0v) is 10.2. The number of aromatic nitrogens is 1. The summed E-state index contributed by atoms with van der Waals surface area (Å²) in [6.07, 6.45) is 0. The van der Waals surface area contributed by atoms with Gasteiger partial charge < -0.3 is 4.52 Å². The summed E-state index contributed by atoms with van der Waals surface area (Å²) < 4.78 is 29.6. The number of hydrogen-bond donors (Lipinski definition) is 0. The van der Waals surface area contributed by atoms with E-state index in [1.54, 1.807) is 33.9 Å². The van der Waals surface area contributed by atoms with Gasteiger partial charge in [0, 0.05) is 13.1 Å². The highest BCUT2D eigenvalue weighted by Crippen LogP contribution is 2.11. The molecule has 6 heteroatoms. The van der Waals surface area contributed by atoms with E-state index in [0.717, 1.165) is 0 Å². The number of aryl methyl sites for hydroxylation is 1. The second-order valence-electron chi connectivity index (χ2n) is 3.78. The van der Waals surface area contributed by atoms with Crippen LogP contribution in [0.3, 0.4) is 0 Å². The summed E-state index contributed by atoms with van der Waals surface area (Å²) in [6.45, 7) is 5.32. The SMILES string of the molecule is Cc1cc(CN(C)S(=O)(=O)C(C)C)no1. The van der Waals surface area contributed by atoms with Gasteiger partial charge in [-0.05, 0) is 20.8 Å². The highest BCUT2D eigenvalue weighted by molar-refractivity contribution is 7.89. The minimum absolute atomic E-state index is 0.248. The summed E-state index contributed by atoms with van der Waals surface area (Å²) in [4.78, 5) is 0. The summed E-state index contributed by atoms with van der Waals surface area (Å²) in [5, 5.41) is 3.33. The lowest BCUT2D eigenvalue weighted by atomic mass is 10.4. The third-order valence-corrected chi connectivity index (χ3v) is 4.28. The van der Waals surface area contributed by atoms with Gasteiger partial charge in [0.15, 0.2) is 0 Å². The highest BCUT2D eigenvalue weighted by atomic mass is 32.2. The van der Waals surface area contributed by atoms with Crippen molar-refractivity contribution in [3.63, 3.8) is 0 Å². The third-order valence-electron chi connectivity index (χ3n) is 2.09. The Balaban J connectivity index is 2.76. The summed E-state index contributed by atoms with van der Waals surface area (Å²) in [7, 11) is -1.67. The lowest BCUT2D eigenvalue weighted by molar-refractivity contribution is 0.377. The lowest BCUT2D eigenvalue weighted by Crippen LogP contribution is -2.32. The van der Waals surface area contributed by atoms with E-state index in [4.69, 9.17) is 4.52 Å². The van der Waals surface area contributed by atoms with Crippen LogP contribution in [-0.4, -0.2) is 30.2 Å². The lowest BCUT2D eigenvalue weighted by Gasteiger charge is -2.18. The Morgan fingerprint density at radius 1 is 1.53 bits per heavy atom. The molecule has 0 saturated heterocycles. The third kappa shape index (κ3) is 2.79. The molecular formula is C9H16N2O3S. The van der Waals surface area contributed by atoms with Crippen LogP contribution in [0.25, 0.3) is 0 Å². The number of nitrogens with zero attached hydrogens (tertiary/aromatic N) is 2. The Hall–Kier alpha value is -0.880. The van der Waals surface area contributed by atoms with Gasteiger partial charge in [-0.3, -0.25) is 0 Å². The molecule has 0 fully saturated rings. The molecule has 0 saturated carbocycles. The molecule has 0 N–H and O–H groups in total. The molecule has 86 valence electrons. The topological polar surface area (TPSA) is 63.4 Å². The zero-order valence-electron chi connectivity index (χ0n) is 9.39. The molecule has 0 aliphatic carbocycles. The molecule has 0 radical (unpaired) electrons. The average molecular weight is 232 g/mol. The van der Waals surface area contributed by atoms with Crippen LogP contribution in [0.4, 0.5) is 0 Å². The number of hydrogen-bond acceptors (Lipinski definition) is 4. The van der Waals surface area contributed by atoms with E-state index in [9.17, 15) is 8.42 Å². The van der Waals surface area contributed by atoms with Crippen LogP contribution in [0.15, 0.2) is 10.6 Å². The predicted molar refractivity (Wildman–Crippen MR) is 56.8 cm³/mol. The molecule has 0 spiro atoms. The smallest absolute Gasteiger partial charge is 0.216 e. The molecule has 0 amide bonds. The minimum atomic E-state index is -3.21. The zero-order chi connectivity index (χ0) is 11.6. The molecule has 1 aromatic rings. The minimum Gasteiger partial charge on any atom is -0.361 e. The van der Waals surface area contributed by atoms with Gasteiger partial charge in [-0.25, -0.2) is 8.42 Å². The maximum atomic E-state index is 11.7. The Kier molecular flexibility index (Phi) is 3.51. The van der Waals surface area contributed by atoms with Crippen LogP contribution in [0.2, 0.25) is 0 Å². The molecule has 1 aromatic heterocycles. The van der Waals surface area contributed by atoms with Gasteiger partial charge in [0.2, 0.25) is 10.0 Å². The first-order valence-corrected chi connectivity index (χ1v) is 6.21. The van der Waals surface area contributed by atoms with Gasteiger partial charge >= 0.3 is 0 Å². The molecule has 5 nitrogen and oxygen atoms in total. The predicted octanol–water partition coefficient (Wildman–Crippen LogP) is 1.15. The van der Waals surface area contributed by atoms with Crippen LogP contribution in [0.1, 0.15) is 25.3 Å². The second-order valence-corrected chi connectivity index (χ2v) is 6.37. The fraction of sp³-hybridized carbons (Fsp3) is 0.667. The summed E-state index contributed by atoms with van der Waals surface area (Å²) >= 11 is 0. The Labute approximate surface area is 90.1 Å². The van der Waals surface area contributed by atoms with Crippen molar-refractivity contribution in [3.8, 4) is 0 Å². The van der Waals surface area contributed by atoms with Crippen molar-refractivity contribution < 1.29 is 12.9 Å². The molecule has 0 bridgehead atoms. The standard InChI is InChI=1S/C9H16N2O3S/c1-7(2)15(12,13)11(4)6-9-5-8(3)14-10-9/h5,7H,6H2,1-4H3. The summed E-state index contributed by atoms with van der Waals surface area (Å²) in [6, 6.07) is 1.73. The molecule has 15 heavy (non-hydrogen) atoms. The van der Waals surface area contributed by atoms with Crippen molar-refractivity contribution in [2.24, 2.45) is 0 Å². The number of sulfonamides is 1. The van der Waals surface area contributed by atoms with Gasteiger partial charge in [-0.15, -0.1) is 0 Å². The van der Waals surface area contributed by atoms with Crippen molar-refractivity contribution in [1.29, 1.82) is 0 Å². The molecule has 0 unspecified atom stereocenters. The Bertz CT molecular complexity index is 422. The monoisotopic (exact) mass is 232 g/mol. The summed E-state index contributed by atoms with van der Waals surface area (Å²) in [5.41, 5.74) is 0.624. The van der Waals surface area contributed by atoms with Gasteiger partial charge in [0.25, 0.3) is 0 Å². The first-order chi connectivity index (χ1) is 6.84. The van der Waals surface area contributed by atoms with E-state index >= 15 is 0 Å². The van der Waals surface area contributed by atoms with E-state index in [1.807, 2.05) is 0 Å². The fourth-order valence-electron chi connectivity index (χ4n) is 1.17. The first kappa shape index (κ1) is 12.2. The Morgan fingerprint density at radius 3 is 2.53 bits per heavy atom. The quantitative estimate of drug-likeness (QED) is 0.781. The van der Waals surface area contributed by atoms with Gasteiger partial charge in [0.05, 0.1) is 17.5 Å². The highest BCUT2D eigenvalue weighted by Gasteiger charge is 2.22. The van der Waals surface area contributed by atoms with Crippen molar-refractivity contribution in [2.75, 3.05) is 7.05 Å². The molecule has 1 heterocycles. The normalized spacial score (nSPS) is 12.7. The fourth-order valence-corrected chi connectivity index (χ4v) is 2.20. The molecule has 0 atom stereocenters. The van der Waals surface area contributed by atoms with Crippen molar-refractivity contribution in [3.05, 3.63) is 17.5 Å². The maximum absolute atomic E-state index is 11.7. The van der Waals surface area contributed by atoms with E-state index in [-0.39, 0.29) is 6.54 Å². The molecular weight excluding hydrogens is 216 g/mol. The van der Waals surface area contributed by atoms with Crippen molar-refractivity contribution in [1.82, 2.24) is 9.46 Å². The number of rotatable bonds is 4. The van der Waals surface area contributed by atoms with Crippen LogP contribution >= 0.6 is 0 Å².